The molecule has 0 aromatic rings. The van der Waals surface area contributed by atoms with Crippen molar-refractivity contribution in [1.82, 2.24) is 5.32 Å². The van der Waals surface area contributed by atoms with Crippen molar-refractivity contribution in [2.75, 3.05) is 20.3 Å². The van der Waals surface area contributed by atoms with Crippen LogP contribution in [0, 0.1) is 11.3 Å². The lowest BCUT2D eigenvalue weighted by Crippen LogP contribution is -2.30. The van der Waals surface area contributed by atoms with Gasteiger partial charge in [0.25, 0.3) is 0 Å². The third kappa shape index (κ3) is 7.52. The Morgan fingerprint density at radius 1 is 1.50 bits per heavy atom. The zero-order valence-electron chi connectivity index (χ0n) is 7.97. The fourth-order valence-electron chi connectivity index (χ4n) is 0.986. The minimum Gasteiger partial charge on any atom is -0.383 e. The summed E-state index contributed by atoms with van der Waals surface area (Å²) in [5.74, 6) is 0. The van der Waals surface area contributed by atoms with Gasteiger partial charge in [-0.05, 0) is 26.3 Å². The monoisotopic (exact) mass is 170 g/mol. The van der Waals surface area contributed by atoms with Crippen LogP contribution in [0.1, 0.15) is 26.2 Å². The van der Waals surface area contributed by atoms with Crippen LogP contribution in [-0.4, -0.2) is 26.3 Å². The second-order valence-corrected chi connectivity index (χ2v) is 2.93. The Hall–Kier alpha value is -0.590. The third-order valence-corrected chi connectivity index (χ3v) is 1.62. The summed E-state index contributed by atoms with van der Waals surface area (Å²) in [5.41, 5.74) is 0. The molecule has 0 bridgehead atoms. The molecule has 0 aromatic carbocycles. The highest BCUT2D eigenvalue weighted by atomic mass is 16.5. The first-order valence-electron chi connectivity index (χ1n) is 4.40. The Morgan fingerprint density at radius 2 is 2.25 bits per heavy atom. The normalized spacial score (nSPS) is 12.4. The maximum atomic E-state index is 8.27. The van der Waals surface area contributed by atoms with Gasteiger partial charge in [0.05, 0.1) is 12.7 Å². The van der Waals surface area contributed by atoms with Gasteiger partial charge >= 0.3 is 0 Å². The lowest BCUT2D eigenvalue weighted by Gasteiger charge is -2.11. The zero-order valence-corrected chi connectivity index (χ0v) is 7.97. The number of nitrogens with one attached hydrogen (secondary N) is 1. The van der Waals surface area contributed by atoms with Crippen molar-refractivity contribution in [2.45, 2.75) is 32.2 Å². The van der Waals surface area contributed by atoms with Crippen LogP contribution < -0.4 is 5.32 Å². The molecule has 0 radical (unpaired) electrons. The first kappa shape index (κ1) is 11.4. The predicted octanol–water partition coefficient (Wildman–Crippen LogP) is 1.30. The highest BCUT2D eigenvalue weighted by Crippen LogP contribution is 1.92. The summed E-state index contributed by atoms with van der Waals surface area (Å²) < 4.78 is 4.97. The molecule has 3 heteroatoms. The molecule has 0 aromatic heterocycles. The van der Waals surface area contributed by atoms with Gasteiger partial charge in [-0.2, -0.15) is 5.26 Å². The summed E-state index contributed by atoms with van der Waals surface area (Å²) in [4.78, 5) is 0. The molecule has 3 nitrogen and oxygen atoms in total. The van der Waals surface area contributed by atoms with Crippen molar-refractivity contribution in [2.24, 2.45) is 0 Å². The maximum absolute atomic E-state index is 8.27. The average Bonchev–Trinajstić information content (AvgIpc) is 2.05. The zero-order chi connectivity index (χ0) is 9.23. The first-order valence-corrected chi connectivity index (χ1v) is 4.40. The van der Waals surface area contributed by atoms with Crippen LogP contribution in [0.15, 0.2) is 0 Å². The SMILES string of the molecule is COCC(C)NCCCCC#N. The second kappa shape index (κ2) is 8.51. The topological polar surface area (TPSA) is 45.0 Å². The van der Waals surface area contributed by atoms with E-state index in [0.717, 1.165) is 26.0 Å². The van der Waals surface area contributed by atoms with Gasteiger partial charge < -0.3 is 10.1 Å². The second-order valence-electron chi connectivity index (χ2n) is 2.93. The van der Waals surface area contributed by atoms with Crippen molar-refractivity contribution >= 4 is 0 Å². The van der Waals surface area contributed by atoms with Crippen molar-refractivity contribution in [3.8, 4) is 6.07 Å². The van der Waals surface area contributed by atoms with Crippen LogP contribution in [0.3, 0.4) is 0 Å². The van der Waals surface area contributed by atoms with E-state index in [1.165, 1.54) is 0 Å². The molecule has 0 heterocycles. The molecule has 1 N–H and O–H groups in total. The summed E-state index contributed by atoms with van der Waals surface area (Å²) in [6.07, 6.45) is 2.73. The van der Waals surface area contributed by atoms with E-state index in [9.17, 15) is 0 Å². The van der Waals surface area contributed by atoms with Crippen molar-refractivity contribution in [3.63, 3.8) is 0 Å². The van der Waals surface area contributed by atoms with Gasteiger partial charge in [-0.1, -0.05) is 0 Å². The molecule has 1 atom stereocenters. The van der Waals surface area contributed by atoms with Gasteiger partial charge in [0.15, 0.2) is 0 Å². The quantitative estimate of drug-likeness (QED) is 0.586. The van der Waals surface area contributed by atoms with E-state index in [0.29, 0.717) is 12.5 Å². The number of hydrogen-bond acceptors (Lipinski definition) is 3. The van der Waals surface area contributed by atoms with E-state index in [1.807, 2.05) is 0 Å². The molecule has 0 aliphatic heterocycles. The molecule has 1 unspecified atom stereocenters. The van der Waals surface area contributed by atoms with Gasteiger partial charge in [0.2, 0.25) is 0 Å². The van der Waals surface area contributed by atoms with E-state index < -0.39 is 0 Å². The standard InChI is InChI=1S/C9H18N2O/c1-9(8-12-2)11-7-5-3-4-6-10/h9,11H,3-5,7-8H2,1-2H3. The number of nitriles is 1. The molecule has 12 heavy (non-hydrogen) atoms. The van der Waals surface area contributed by atoms with Crippen LogP contribution in [0.25, 0.3) is 0 Å². The molecular weight excluding hydrogens is 152 g/mol. The summed E-state index contributed by atoms with van der Waals surface area (Å²) in [7, 11) is 1.70. The first-order chi connectivity index (χ1) is 5.81. The van der Waals surface area contributed by atoms with Crippen molar-refractivity contribution in [3.05, 3.63) is 0 Å². The number of ether oxygens (including phenoxy) is 1. The summed E-state index contributed by atoms with van der Waals surface area (Å²) in [5, 5.41) is 11.6. The number of hydrogen-bond donors (Lipinski definition) is 1. The van der Waals surface area contributed by atoms with Gasteiger partial charge in [-0.15, -0.1) is 0 Å². The molecule has 0 spiro atoms. The summed E-state index contributed by atoms with van der Waals surface area (Å²) >= 11 is 0. The molecule has 0 saturated carbocycles. The largest absolute Gasteiger partial charge is 0.383 e. The molecule has 0 fully saturated rings. The Balaban J connectivity index is 3.04. The minimum absolute atomic E-state index is 0.414. The van der Waals surface area contributed by atoms with Crippen LogP contribution in [0.5, 0.6) is 0 Å². The van der Waals surface area contributed by atoms with Crippen molar-refractivity contribution < 1.29 is 4.74 Å². The van der Waals surface area contributed by atoms with Gasteiger partial charge in [0.1, 0.15) is 0 Å². The highest BCUT2D eigenvalue weighted by molar-refractivity contribution is 4.68. The van der Waals surface area contributed by atoms with Crippen LogP contribution in [0.2, 0.25) is 0 Å². The van der Waals surface area contributed by atoms with Crippen LogP contribution in [0.4, 0.5) is 0 Å². The number of nitrogens with zero attached hydrogens (tertiary/aromatic N) is 1. The van der Waals surface area contributed by atoms with Crippen LogP contribution >= 0.6 is 0 Å². The summed E-state index contributed by atoms with van der Waals surface area (Å²) in [6.45, 7) is 3.82. The lowest BCUT2D eigenvalue weighted by molar-refractivity contribution is 0.172. The molecule has 0 aliphatic carbocycles. The van der Waals surface area contributed by atoms with E-state index in [2.05, 4.69) is 18.3 Å². The molecule has 0 aliphatic rings. The van der Waals surface area contributed by atoms with Gasteiger partial charge in [0, 0.05) is 19.6 Å². The Bertz CT molecular complexity index is 131. The number of rotatable bonds is 7. The molecule has 70 valence electrons. The minimum atomic E-state index is 0.414. The lowest BCUT2D eigenvalue weighted by atomic mass is 10.2. The highest BCUT2D eigenvalue weighted by Gasteiger charge is 1.97. The molecule has 0 amide bonds. The number of unbranched alkanes of at least 4 members (excludes halogenated alkanes) is 2. The Kier molecular flexibility index (Phi) is 8.09. The molecule has 0 rings (SSSR count). The van der Waals surface area contributed by atoms with E-state index in [-0.39, 0.29) is 0 Å². The van der Waals surface area contributed by atoms with Crippen LogP contribution in [-0.2, 0) is 4.74 Å². The smallest absolute Gasteiger partial charge is 0.0621 e. The summed E-state index contributed by atoms with van der Waals surface area (Å²) in [6, 6.07) is 2.54. The predicted molar refractivity (Wildman–Crippen MR) is 48.8 cm³/mol. The Morgan fingerprint density at radius 3 is 2.83 bits per heavy atom. The van der Waals surface area contributed by atoms with Gasteiger partial charge in [-0.3, -0.25) is 0 Å². The Labute approximate surface area is 74.7 Å². The fraction of sp³-hybridized carbons (Fsp3) is 0.889. The van der Waals surface area contributed by atoms with E-state index >= 15 is 0 Å². The molecule has 0 saturated heterocycles. The van der Waals surface area contributed by atoms with Crippen molar-refractivity contribution in [1.29, 1.82) is 5.26 Å². The van der Waals surface area contributed by atoms with E-state index in [4.69, 9.17) is 10.00 Å². The average molecular weight is 170 g/mol. The number of methoxy groups -OCH3 is 1. The third-order valence-electron chi connectivity index (χ3n) is 1.62. The fourth-order valence-corrected chi connectivity index (χ4v) is 0.986. The van der Waals surface area contributed by atoms with Gasteiger partial charge in [-0.25, -0.2) is 0 Å². The van der Waals surface area contributed by atoms with E-state index in [1.54, 1.807) is 7.11 Å². The molecular formula is C9H18N2O. The maximum Gasteiger partial charge on any atom is 0.0621 e.